The van der Waals surface area contributed by atoms with E-state index in [1.165, 1.54) is 0 Å². The van der Waals surface area contributed by atoms with Crippen molar-refractivity contribution in [3.8, 4) is 0 Å². The average molecular weight is 201 g/mol. The molecule has 14 heavy (non-hydrogen) atoms. The fourth-order valence-corrected chi connectivity index (χ4v) is 1.95. The lowest BCUT2D eigenvalue weighted by Gasteiger charge is -2.25. The van der Waals surface area contributed by atoms with Gasteiger partial charge in [0.1, 0.15) is 0 Å². The number of rotatable bonds is 5. The molecule has 1 fully saturated rings. The summed E-state index contributed by atoms with van der Waals surface area (Å²) in [6, 6.07) is 0. The summed E-state index contributed by atoms with van der Waals surface area (Å²) in [7, 11) is 0. The van der Waals surface area contributed by atoms with Crippen molar-refractivity contribution < 1.29 is 10.2 Å². The highest BCUT2D eigenvalue weighted by molar-refractivity contribution is 4.73. The van der Waals surface area contributed by atoms with Crippen molar-refractivity contribution in [3.63, 3.8) is 0 Å². The molecule has 0 amide bonds. The van der Waals surface area contributed by atoms with Gasteiger partial charge in [-0.15, -0.1) is 0 Å². The lowest BCUT2D eigenvalue weighted by atomic mass is 9.87. The van der Waals surface area contributed by atoms with Crippen LogP contribution in [0.15, 0.2) is 0 Å². The van der Waals surface area contributed by atoms with Gasteiger partial charge in [0, 0.05) is 6.54 Å². The molecule has 1 unspecified atom stereocenters. The van der Waals surface area contributed by atoms with Crippen LogP contribution in [0.5, 0.6) is 0 Å². The van der Waals surface area contributed by atoms with Crippen molar-refractivity contribution in [1.82, 2.24) is 5.32 Å². The maximum atomic E-state index is 9.33. The van der Waals surface area contributed by atoms with Gasteiger partial charge in [-0.1, -0.05) is 6.92 Å². The summed E-state index contributed by atoms with van der Waals surface area (Å²) in [5, 5.41) is 21.9. The molecule has 0 aliphatic heterocycles. The Kier molecular flexibility index (Phi) is 5.45. The minimum absolute atomic E-state index is 0.0625. The summed E-state index contributed by atoms with van der Waals surface area (Å²) in [5.41, 5.74) is 0. The molecule has 1 saturated carbocycles. The van der Waals surface area contributed by atoms with Crippen LogP contribution in [0.25, 0.3) is 0 Å². The Morgan fingerprint density at radius 2 is 1.93 bits per heavy atom. The second-order valence-corrected chi connectivity index (χ2v) is 4.39. The Labute approximate surface area is 86.5 Å². The lowest BCUT2D eigenvalue weighted by molar-refractivity contribution is 0.106. The first-order chi connectivity index (χ1) is 6.72. The van der Waals surface area contributed by atoms with Gasteiger partial charge in [-0.3, -0.25) is 0 Å². The monoisotopic (exact) mass is 201 g/mol. The van der Waals surface area contributed by atoms with E-state index in [2.05, 4.69) is 5.32 Å². The number of aliphatic hydroxyl groups is 2. The molecule has 0 aromatic carbocycles. The third kappa shape index (κ3) is 4.40. The topological polar surface area (TPSA) is 52.5 Å². The van der Waals surface area contributed by atoms with Gasteiger partial charge in [0.05, 0.1) is 12.2 Å². The van der Waals surface area contributed by atoms with Crippen LogP contribution in [0, 0.1) is 5.92 Å². The molecule has 0 aromatic rings. The Morgan fingerprint density at radius 1 is 1.29 bits per heavy atom. The molecule has 0 spiro atoms. The maximum Gasteiger partial charge on any atom is 0.0662 e. The Balaban J connectivity index is 2.02. The molecule has 0 radical (unpaired) electrons. The van der Waals surface area contributed by atoms with E-state index in [0.717, 1.165) is 38.6 Å². The van der Waals surface area contributed by atoms with E-state index >= 15 is 0 Å². The number of aliphatic hydroxyl groups excluding tert-OH is 2. The lowest BCUT2D eigenvalue weighted by Crippen LogP contribution is -2.32. The van der Waals surface area contributed by atoms with Gasteiger partial charge in [-0.05, 0) is 44.6 Å². The first-order valence-electron chi connectivity index (χ1n) is 5.79. The smallest absolute Gasteiger partial charge is 0.0662 e. The largest absolute Gasteiger partial charge is 0.393 e. The third-order valence-corrected chi connectivity index (χ3v) is 3.10. The molecule has 3 nitrogen and oxygen atoms in total. The summed E-state index contributed by atoms with van der Waals surface area (Å²) in [5.74, 6) is 0.697. The predicted octanol–water partition coefficient (Wildman–Crippen LogP) is 0.898. The zero-order valence-electron chi connectivity index (χ0n) is 9.08. The van der Waals surface area contributed by atoms with E-state index in [0.29, 0.717) is 12.5 Å². The second-order valence-electron chi connectivity index (χ2n) is 4.39. The highest BCUT2D eigenvalue weighted by atomic mass is 16.3. The van der Waals surface area contributed by atoms with Gasteiger partial charge >= 0.3 is 0 Å². The van der Waals surface area contributed by atoms with Gasteiger partial charge in [-0.25, -0.2) is 0 Å². The predicted molar refractivity (Wildman–Crippen MR) is 57.1 cm³/mol. The highest BCUT2D eigenvalue weighted by Crippen LogP contribution is 2.23. The molecule has 0 saturated heterocycles. The minimum atomic E-state index is -0.204. The quantitative estimate of drug-likeness (QED) is 0.619. The molecule has 1 aliphatic rings. The Morgan fingerprint density at radius 3 is 2.50 bits per heavy atom. The normalized spacial score (nSPS) is 30.2. The van der Waals surface area contributed by atoms with Crippen molar-refractivity contribution in [2.75, 3.05) is 13.1 Å². The molecular weight excluding hydrogens is 178 g/mol. The van der Waals surface area contributed by atoms with Crippen LogP contribution in [0.3, 0.4) is 0 Å². The molecule has 1 aliphatic carbocycles. The molecule has 1 atom stereocenters. The molecule has 0 aromatic heterocycles. The first-order valence-corrected chi connectivity index (χ1v) is 5.79. The third-order valence-electron chi connectivity index (χ3n) is 3.10. The van der Waals surface area contributed by atoms with Gasteiger partial charge in [0.15, 0.2) is 0 Å². The molecule has 84 valence electrons. The molecular formula is C11H23NO2. The van der Waals surface area contributed by atoms with E-state index in [9.17, 15) is 10.2 Å². The zero-order valence-corrected chi connectivity index (χ0v) is 9.08. The van der Waals surface area contributed by atoms with Crippen LogP contribution in [-0.4, -0.2) is 35.5 Å². The van der Waals surface area contributed by atoms with Crippen LogP contribution in [0.4, 0.5) is 0 Å². The van der Waals surface area contributed by atoms with Gasteiger partial charge < -0.3 is 15.5 Å². The standard InChI is InChI=1S/C11H23NO2/c1-2-10(13)8-12-7-9-3-5-11(14)6-4-9/h9-14H,2-8H2,1H3. The Hall–Kier alpha value is -0.120. The molecule has 0 bridgehead atoms. The van der Waals surface area contributed by atoms with Gasteiger partial charge in [0.25, 0.3) is 0 Å². The Bertz CT molecular complexity index is 144. The van der Waals surface area contributed by atoms with E-state index in [1.54, 1.807) is 0 Å². The van der Waals surface area contributed by atoms with E-state index in [1.807, 2.05) is 6.92 Å². The summed E-state index contributed by atoms with van der Waals surface area (Å²) in [6.07, 6.45) is 4.69. The van der Waals surface area contributed by atoms with Crippen LogP contribution >= 0.6 is 0 Å². The van der Waals surface area contributed by atoms with E-state index in [4.69, 9.17) is 0 Å². The maximum absolute atomic E-state index is 9.33. The summed E-state index contributed by atoms with van der Waals surface area (Å²) in [6.45, 7) is 3.68. The molecule has 3 heteroatoms. The van der Waals surface area contributed by atoms with Gasteiger partial charge in [-0.2, -0.15) is 0 Å². The van der Waals surface area contributed by atoms with Crippen molar-refractivity contribution in [2.45, 2.75) is 51.2 Å². The average Bonchev–Trinajstić information content (AvgIpc) is 2.21. The minimum Gasteiger partial charge on any atom is -0.393 e. The molecule has 0 heterocycles. The SMILES string of the molecule is CCC(O)CNCC1CCC(O)CC1. The number of hydrogen-bond acceptors (Lipinski definition) is 3. The molecule has 3 N–H and O–H groups in total. The fourth-order valence-electron chi connectivity index (χ4n) is 1.95. The van der Waals surface area contributed by atoms with Crippen LogP contribution in [0.1, 0.15) is 39.0 Å². The van der Waals surface area contributed by atoms with Crippen molar-refractivity contribution in [2.24, 2.45) is 5.92 Å². The number of hydrogen-bond donors (Lipinski definition) is 3. The van der Waals surface area contributed by atoms with Gasteiger partial charge in [0.2, 0.25) is 0 Å². The van der Waals surface area contributed by atoms with Crippen molar-refractivity contribution in [3.05, 3.63) is 0 Å². The van der Waals surface area contributed by atoms with E-state index in [-0.39, 0.29) is 12.2 Å². The zero-order chi connectivity index (χ0) is 10.4. The first kappa shape index (κ1) is 12.0. The van der Waals surface area contributed by atoms with E-state index < -0.39 is 0 Å². The summed E-state index contributed by atoms with van der Waals surface area (Å²) >= 11 is 0. The van der Waals surface area contributed by atoms with Crippen LogP contribution in [-0.2, 0) is 0 Å². The van der Waals surface area contributed by atoms with Crippen molar-refractivity contribution in [1.29, 1.82) is 0 Å². The second kappa shape index (κ2) is 6.38. The molecule has 1 rings (SSSR count). The van der Waals surface area contributed by atoms with Crippen molar-refractivity contribution >= 4 is 0 Å². The number of nitrogens with one attached hydrogen (secondary N) is 1. The fraction of sp³-hybridized carbons (Fsp3) is 1.00. The highest BCUT2D eigenvalue weighted by Gasteiger charge is 2.18. The summed E-state index contributed by atoms with van der Waals surface area (Å²) < 4.78 is 0. The van der Waals surface area contributed by atoms with Crippen LogP contribution in [0.2, 0.25) is 0 Å². The van der Waals surface area contributed by atoms with Crippen LogP contribution < -0.4 is 5.32 Å². The summed E-state index contributed by atoms with van der Waals surface area (Å²) in [4.78, 5) is 0.